The number of aldehydes is 1. The van der Waals surface area contributed by atoms with Gasteiger partial charge in [-0.05, 0) is 20.0 Å². The van der Waals surface area contributed by atoms with Gasteiger partial charge in [0.1, 0.15) is 6.29 Å². The van der Waals surface area contributed by atoms with Crippen LogP contribution in [0, 0.1) is 0 Å². The average Bonchev–Trinajstić information content (AvgIpc) is 1.90. The highest BCUT2D eigenvalue weighted by Crippen LogP contribution is 1.95. The van der Waals surface area contributed by atoms with Crippen molar-refractivity contribution in [2.75, 3.05) is 13.6 Å². The predicted octanol–water partition coefficient (Wildman–Crippen LogP) is 0.916. The summed E-state index contributed by atoms with van der Waals surface area (Å²) < 4.78 is 0. The second kappa shape index (κ2) is 4.50. The lowest BCUT2D eigenvalue weighted by atomic mass is 10.2. The maximum atomic E-state index is 10.3. The zero-order valence-electron chi connectivity index (χ0n) is 6.42. The van der Waals surface area contributed by atoms with Crippen molar-refractivity contribution < 1.29 is 4.79 Å². The average molecular weight is 129 g/mol. The molecule has 1 unspecified atom stereocenters. The summed E-state index contributed by atoms with van der Waals surface area (Å²) in [7, 11) is 1.96. The van der Waals surface area contributed by atoms with E-state index < -0.39 is 0 Å². The van der Waals surface area contributed by atoms with Crippen molar-refractivity contribution in [2.45, 2.75) is 26.3 Å². The highest BCUT2D eigenvalue weighted by Gasteiger charge is 2.07. The minimum absolute atomic E-state index is 0.120. The lowest BCUT2D eigenvalue weighted by Crippen LogP contribution is -2.31. The first kappa shape index (κ1) is 8.63. The Morgan fingerprint density at radius 1 is 1.56 bits per heavy atom. The maximum Gasteiger partial charge on any atom is 0.137 e. The molecule has 2 nitrogen and oxygen atoms in total. The zero-order chi connectivity index (χ0) is 7.28. The number of hydrogen-bond donors (Lipinski definition) is 0. The lowest BCUT2D eigenvalue weighted by molar-refractivity contribution is -0.112. The third-order valence-corrected chi connectivity index (χ3v) is 1.64. The fourth-order valence-corrected chi connectivity index (χ4v) is 0.746. The van der Waals surface area contributed by atoms with Gasteiger partial charge in [-0.25, -0.2) is 0 Å². The van der Waals surface area contributed by atoms with Crippen molar-refractivity contribution in [1.82, 2.24) is 4.90 Å². The summed E-state index contributed by atoms with van der Waals surface area (Å²) in [5.41, 5.74) is 0. The van der Waals surface area contributed by atoms with Crippen LogP contribution in [0.2, 0.25) is 0 Å². The van der Waals surface area contributed by atoms with Gasteiger partial charge in [0, 0.05) is 0 Å². The Balaban J connectivity index is 3.63. The molecule has 0 aromatic rings. The third-order valence-electron chi connectivity index (χ3n) is 1.64. The Morgan fingerprint density at radius 2 is 2.11 bits per heavy atom. The van der Waals surface area contributed by atoms with E-state index in [9.17, 15) is 4.79 Å². The molecule has 0 aliphatic heterocycles. The molecule has 1 atom stereocenters. The van der Waals surface area contributed by atoms with Crippen LogP contribution in [-0.2, 0) is 4.79 Å². The van der Waals surface area contributed by atoms with Gasteiger partial charge in [0.25, 0.3) is 0 Å². The molecule has 0 bridgehead atoms. The van der Waals surface area contributed by atoms with Crippen LogP contribution in [0.4, 0.5) is 0 Å². The molecule has 0 radical (unpaired) electrons. The fraction of sp³-hybridized carbons (Fsp3) is 0.857. The van der Waals surface area contributed by atoms with Gasteiger partial charge < -0.3 is 4.79 Å². The number of hydrogen-bond acceptors (Lipinski definition) is 2. The molecule has 0 N–H and O–H groups in total. The van der Waals surface area contributed by atoms with E-state index >= 15 is 0 Å². The summed E-state index contributed by atoms with van der Waals surface area (Å²) in [6, 6.07) is 0.120. The van der Waals surface area contributed by atoms with Crippen molar-refractivity contribution in [3.8, 4) is 0 Å². The molecule has 0 heterocycles. The SMILES string of the molecule is CCC(C=O)N(C)CC. The van der Waals surface area contributed by atoms with E-state index in [0.29, 0.717) is 0 Å². The summed E-state index contributed by atoms with van der Waals surface area (Å²) in [5.74, 6) is 0. The molecule has 0 spiro atoms. The first-order valence-electron chi connectivity index (χ1n) is 3.41. The summed E-state index contributed by atoms with van der Waals surface area (Å²) in [4.78, 5) is 12.3. The largest absolute Gasteiger partial charge is 0.302 e. The van der Waals surface area contributed by atoms with Crippen molar-refractivity contribution in [2.24, 2.45) is 0 Å². The van der Waals surface area contributed by atoms with Gasteiger partial charge in [-0.2, -0.15) is 0 Å². The van der Waals surface area contributed by atoms with E-state index in [-0.39, 0.29) is 6.04 Å². The third kappa shape index (κ3) is 2.61. The van der Waals surface area contributed by atoms with E-state index in [4.69, 9.17) is 0 Å². The fourth-order valence-electron chi connectivity index (χ4n) is 0.746. The van der Waals surface area contributed by atoms with Crippen LogP contribution in [-0.4, -0.2) is 30.8 Å². The maximum absolute atomic E-state index is 10.3. The van der Waals surface area contributed by atoms with Crippen molar-refractivity contribution in [3.63, 3.8) is 0 Å². The minimum Gasteiger partial charge on any atom is -0.302 e. The number of likely N-dealkylation sites (N-methyl/N-ethyl adjacent to an activating group) is 1. The van der Waals surface area contributed by atoms with Gasteiger partial charge in [0.05, 0.1) is 6.04 Å². The van der Waals surface area contributed by atoms with E-state index in [1.165, 1.54) is 0 Å². The topological polar surface area (TPSA) is 20.3 Å². The Kier molecular flexibility index (Phi) is 4.32. The smallest absolute Gasteiger partial charge is 0.137 e. The molecule has 0 aromatic heterocycles. The molecule has 9 heavy (non-hydrogen) atoms. The Hall–Kier alpha value is -0.370. The predicted molar refractivity (Wildman–Crippen MR) is 38.4 cm³/mol. The first-order chi connectivity index (χ1) is 4.26. The Labute approximate surface area is 56.9 Å². The van der Waals surface area contributed by atoms with Gasteiger partial charge in [0.15, 0.2) is 0 Å². The molecule has 0 fully saturated rings. The first-order valence-corrected chi connectivity index (χ1v) is 3.41. The summed E-state index contributed by atoms with van der Waals surface area (Å²) >= 11 is 0. The monoisotopic (exact) mass is 129 g/mol. The Morgan fingerprint density at radius 3 is 2.22 bits per heavy atom. The van der Waals surface area contributed by atoms with E-state index in [1.54, 1.807) is 0 Å². The summed E-state index contributed by atoms with van der Waals surface area (Å²) in [6.07, 6.45) is 1.91. The molecule has 0 aromatic carbocycles. The van der Waals surface area contributed by atoms with Gasteiger partial charge in [-0.15, -0.1) is 0 Å². The number of rotatable bonds is 4. The van der Waals surface area contributed by atoms with Crippen molar-refractivity contribution in [1.29, 1.82) is 0 Å². The second-order valence-corrected chi connectivity index (χ2v) is 2.18. The minimum atomic E-state index is 0.120. The summed E-state index contributed by atoms with van der Waals surface area (Å²) in [5, 5.41) is 0. The van der Waals surface area contributed by atoms with E-state index in [1.807, 2.05) is 25.8 Å². The molecule has 0 aliphatic rings. The van der Waals surface area contributed by atoms with Crippen LogP contribution in [0.15, 0.2) is 0 Å². The molecule has 54 valence electrons. The molecular weight excluding hydrogens is 114 g/mol. The highest BCUT2D eigenvalue weighted by atomic mass is 16.1. The number of carbonyl (C=O) groups is 1. The number of carbonyl (C=O) groups excluding carboxylic acids is 1. The van der Waals surface area contributed by atoms with Gasteiger partial charge >= 0.3 is 0 Å². The zero-order valence-corrected chi connectivity index (χ0v) is 6.42. The molecule has 0 saturated carbocycles. The summed E-state index contributed by atoms with van der Waals surface area (Å²) in [6.45, 7) is 5.01. The van der Waals surface area contributed by atoms with Crippen molar-refractivity contribution >= 4 is 6.29 Å². The lowest BCUT2D eigenvalue weighted by Gasteiger charge is -2.19. The van der Waals surface area contributed by atoms with Crippen LogP contribution >= 0.6 is 0 Å². The quantitative estimate of drug-likeness (QED) is 0.526. The van der Waals surface area contributed by atoms with Crippen LogP contribution in [0.3, 0.4) is 0 Å². The molecule has 0 amide bonds. The molecule has 0 saturated heterocycles. The van der Waals surface area contributed by atoms with Crippen LogP contribution in [0.5, 0.6) is 0 Å². The molecule has 0 rings (SSSR count). The van der Waals surface area contributed by atoms with Crippen LogP contribution < -0.4 is 0 Å². The van der Waals surface area contributed by atoms with E-state index in [0.717, 1.165) is 19.3 Å². The molecular formula is C7H15NO. The second-order valence-electron chi connectivity index (χ2n) is 2.18. The van der Waals surface area contributed by atoms with Crippen LogP contribution in [0.25, 0.3) is 0 Å². The van der Waals surface area contributed by atoms with Crippen molar-refractivity contribution in [3.05, 3.63) is 0 Å². The standard InChI is InChI=1S/C7H15NO/c1-4-7(6-9)8(3)5-2/h6-7H,4-5H2,1-3H3. The highest BCUT2D eigenvalue weighted by molar-refractivity contribution is 5.57. The Bertz CT molecular complexity index is 83.0. The molecule has 2 heteroatoms. The normalized spacial score (nSPS) is 13.8. The van der Waals surface area contributed by atoms with E-state index in [2.05, 4.69) is 0 Å². The molecule has 0 aliphatic carbocycles. The van der Waals surface area contributed by atoms with Crippen LogP contribution in [0.1, 0.15) is 20.3 Å². The van der Waals surface area contributed by atoms with Gasteiger partial charge in [-0.3, -0.25) is 4.90 Å². The van der Waals surface area contributed by atoms with Gasteiger partial charge in [-0.1, -0.05) is 13.8 Å². The number of nitrogens with zero attached hydrogens (tertiary/aromatic N) is 1. The van der Waals surface area contributed by atoms with Gasteiger partial charge in [0.2, 0.25) is 0 Å².